The fourth-order valence-corrected chi connectivity index (χ4v) is 3.93. The summed E-state index contributed by atoms with van der Waals surface area (Å²) < 4.78 is 0. The summed E-state index contributed by atoms with van der Waals surface area (Å²) in [6.07, 6.45) is 2.52. The predicted octanol–water partition coefficient (Wildman–Crippen LogP) is 5.70. The Morgan fingerprint density at radius 3 is 2.30 bits per heavy atom. The monoisotopic (exact) mass is 399 g/mol. The maximum absolute atomic E-state index is 13.3. The Hall–Kier alpha value is -3.27. The SMILES string of the molecule is Cc1ccc(C)c(NC(=O)[C@H](Nc2ccc(N3CCCC3)cc2)c2ccccc2)c1. The highest BCUT2D eigenvalue weighted by atomic mass is 16.2. The van der Waals surface area contributed by atoms with Crippen LogP contribution in [0.25, 0.3) is 0 Å². The third kappa shape index (κ3) is 4.65. The van der Waals surface area contributed by atoms with Crippen molar-refractivity contribution in [2.75, 3.05) is 28.6 Å². The molecule has 1 aliphatic rings. The molecule has 0 saturated carbocycles. The van der Waals surface area contributed by atoms with Gasteiger partial charge in [-0.25, -0.2) is 0 Å². The second-order valence-corrected chi connectivity index (χ2v) is 8.04. The van der Waals surface area contributed by atoms with Crippen molar-refractivity contribution in [3.63, 3.8) is 0 Å². The molecule has 1 aliphatic heterocycles. The van der Waals surface area contributed by atoms with Crippen LogP contribution in [-0.2, 0) is 4.79 Å². The van der Waals surface area contributed by atoms with E-state index in [1.807, 2.05) is 56.3 Å². The van der Waals surface area contributed by atoms with Gasteiger partial charge in [0.2, 0.25) is 0 Å². The molecule has 0 aliphatic carbocycles. The first-order chi connectivity index (χ1) is 14.6. The average Bonchev–Trinajstić information content (AvgIpc) is 3.30. The number of hydrogen-bond acceptors (Lipinski definition) is 3. The lowest BCUT2D eigenvalue weighted by Gasteiger charge is -2.22. The van der Waals surface area contributed by atoms with Gasteiger partial charge in [0.25, 0.3) is 5.91 Å². The number of nitrogens with zero attached hydrogens (tertiary/aromatic N) is 1. The summed E-state index contributed by atoms with van der Waals surface area (Å²) in [4.78, 5) is 15.7. The average molecular weight is 400 g/mol. The highest BCUT2D eigenvalue weighted by Crippen LogP contribution is 2.26. The molecule has 4 nitrogen and oxygen atoms in total. The Bertz CT molecular complexity index is 993. The van der Waals surface area contributed by atoms with Crippen molar-refractivity contribution in [1.82, 2.24) is 0 Å². The van der Waals surface area contributed by atoms with E-state index >= 15 is 0 Å². The number of anilines is 3. The zero-order chi connectivity index (χ0) is 20.9. The molecule has 0 radical (unpaired) electrons. The van der Waals surface area contributed by atoms with E-state index in [-0.39, 0.29) is 5.91 Å². The van der Waals surface area contributed by atoms with Crippen molar-refractivity contribution >= 4 is 23.0 Å². The molecule has 1 atom stereocenters. The largest absolute Gasteiger partial charge is 0.372 e. The van der Waals surface area contributed by atoms with Crippen LogP contribution in [0.1, 0.15) is 35.6 Å². The van der Waals surface area contributed by atoms with Gasteiger partial charge in [0, 0.05) is 30.2 Å². The van der Waals surface area contributed by atoms with E-state index in [0.717, 1.165) is 41.2 Å². The molecule has 0 aromatic heterocycles. The number of nitrogens with one attached hydrogen (secondary N) is 2. The number of aryl methyl sites for hydroxylation is 2. The molecule has 4 rings (SSSR count). The number of carbonyl (C=O) groups excluding carboxylic acids is 1. The van der Waals surface area contributed by atoms with Gasteiger partial charge in [-0.3, -0.25) is 4.79 Å². The van der Waals surface area contributed by atoms with Crippen LogP contribution in [0.2, 0.25) is 0 Å². The van der Waals surface area contributed by atoms with E-state index in [1.54, 1.807) is 0 Å². The highest BCUT2D eigenvalue weighted by molar-refractivity contribution is 5.98. The van der Waals surface area contributed by atoms with Gasteiger partial charge in [-0.15, -0.1) is 0 Å². The molecule has 3 aromatic rings. The Morgan fingerprint density at radius 1 is 0.900 bits per heavy atom. The molecule has 1 amide bonds. The number of amides is 1. The third-order valence-corrected chi connectivity index (χ3v) is 5.70. The van der Waals surface area contributed by atoms with E-state index in [1.165, 1.54) is 18.5 Å². The summed E-state index contributed by atoms with van der Waals surface area (Å²) in [5.41, 5.74) is 6.14. The molecular formula is C26H29N3O. The summed E-state index contributed by atoms with van der Waals surface area (Å²) >= 11 is 0. The van der Waals surface area contributed by atoms with Crippen molar-refractivity contribution in [3.05, 3.63) is 89.5 Å². The standard InChI is InChI=1S/C26H29N3O/c1-19-10-11-20(2)24(18-19)28-26(30)25(21-8-4-3-5-9-21)27-22-12-14-23(15-13-22)29-16-6-7-17-29/h3-5,8-15,18,25,27H,6-7,16-17H2,1-2H3,(H,28,30)/t25-/m1/s1. The topological polar surface area (TPSA) is 44.4 Å². The normalized spacial score (nSPS) is 14.4. The fourth-order valence-electron chi connectivity index (χ4n) is 3.93. The van der Waals surface area contributed by atoms with Gasteiger partial charge in [0.1, 0.15) is 6.04 Å². The second kappa shape index (κ2) is 9.04. The Labute approximate surface area is 178 Å². The smallest absolute Gasteiger partial charge is 0.251 e. The highest BCUT2D eigenvalue weighted by Gasteiger charge is 2.21. The molecule has 0 unspecified atom stereocenters. The maximum atomic E-state index is 13.3. The van der Waals surface area contributed by atoms with Crippen LogP contribution < -0.4 is 15.5 Å². The van der Waals surface area contributed by atoms with Crippen molar-refractivity contribution in [2.24, 2.45) is 0 Å². The van der Waals surface area contributed by atoms with E-state index < -0.39 is 6.04 Å². The minimum atomic E-state index is -0.483. The summed E-state index contributed by atoms with van der Waals surface area (Å²) in [5.74, 6) is -0.0708. The van der Waals surface area contributed by atoms with Crippen LogP contribution in [0.5, 0.6) is 0 Å². The molecule has 0 spiro atoms. The zero-order valence-corrected chi connectivity index (χ0v) is 17.7. The maximum Gasteiger partial charge on any atom is 0.251 e. The van der Waals surface area contributed by atoms with Gasteiger partial charge >= 0.3 is 0 Å². The van der Waals surface area contributed by atoms with Crippen LogP contribution >= 0.6 is 0 Å². The second-order valence-electron chi connectivity index (χ2n) is 8.04. The number of hydrogen-bond donors (Lipinski definition) is 2. The lowest BCUT2D eigenvalue weighted by molar-refractivity contribution is -0.117. The van der Waals surface area contributed by atoms with Crippen LogP contribution in [0.4, 0.5) is 17.1 Å². The third-order valence-electron chi connectivity index (χ3n) is 5.70. The van der Waals surface area contributed by atoms with Crippen molar-refractivity contribution in [3.8, 4) is 0 Å². The summed E-state index contributed by atoms with van der Waals surface area (Å²) in [7, 11) is 0. The molecule has 4 heteroatoms. The molecule has 3 aromatic carbocycles. The summed E-state index contributed by atoms with van der Waals surface area (Å²) in [6.45, 7) is 6.29. The quantitative estimate of drug-likeness (QED) is 0.559. The van der Waals surface area contributed by atoms with Gasteiger partial charge in [0.15, 0.2) is 0 Å². The molecule has 154 valence electrons. The first-order valence-electron chi connectivity index (χ1n) is 10.6. The zero-order valence-electron chi connectivity index (χ0n) is 17.7. The van der Waals surface area contributed by atoms with E-state index in [0.29, 0.717) is 0 Å². The van der Waals surface area contributed by atoms with Crippen LogP contribution in [0, 0.1) is 13.8 Å². The summed E-state index contributed by atoms with van der Waals surface area (Å²) in [5, 5.41) is 6.55. The first kappa shape index (κ1) is 20.0. The molecule has 0 bridgehead atoms. The lowest BCUT2D eigenvalue weighted by Crippen LogP contribution is -2.27. The van der Waals surface area contributed by atoms with Crippen molar-refractivity contribution < 1.29 is 4.79 Å². The minimum Gasteiger partial charge on any atom is -0.372 e. The number of benzene rings is 3. The van der Waals surface area contributed by atoms with Gasteiger partial charge in [-0.1, -0.05) is 42.5 Å². The molecule has 1 heterocycles. The summed E-state index contributed by atoms with van der Waals surface area (Å²) in [6, 6.07) is 23.9. The molecule has 2 N–H and O–H groups in total. The Kier molecular flexibility index (Phi) is 6.03. The Morgan fingerprint density at radius 2 is 1.60 bits per heavy atom. The molecular weight excluding hydrogens is 370 g/mol. The van der Waals surface area contributed by atoms with Crippen LogP contribution in [0.15, 0.2) is 72.8 Å². The van der Waals surface area contributed by atoms with Gasteiger partial charge in [0.05, 0.1) is 0 Å². The van der Waals surface area contributed by atoms with E-state index in [4.69, 9.17) is 0 Å². The van der Waals surface area contributed by atoms with Crippen molar-refractivity contribution in [2.45, 2.75) is 32.7 Å². The molecule has 30 heavy (non-hydrogen) atoms. The minimum absolute atomic E-state index is 0.0708. The molecule has 1 saturated heterocycles. The Balaban J connectivity index is 1.55. The van der Waals surface area contributed by atoms with Crippen molar-refractivity contribution in [1.29, 1.82) is 0 Å². The number of carbonyl (C=O) groups is 1. The fraction of sp³-hybridized carbons (Fsp3) is 0.269. The van der Waals surface area contributed by atoms with Crippen LogP contribution in [0.3, 0.4) is 0 Å². The molecule has 1 fully saturated rings. The lowest BCUT2D eigenvalue weighted by atomic mass is 10.0. The van der Waals surface area contributed by atoms with Crippen LogP contribution in [-0.4, -0.2) is 19.0 Å². The van der Waals surface area contributed by atoms with E-state index in [2.05, 4.69) is 45.9 Å². The van der Waals surface area contributed by atoms with Gasteiger partial charge in [-0.05, 0) is 73.7 Å². The predicted molar refractivity (Wildman–Crippen MR) is 125 cm³/mol. The van der Waals surface area contributed by atoms with Gasteiger partial charge < -0.3 is 15.5 Å². The van der Waals surface area contributed by atoms with Gasteiger partial charge in [-0.2, -0.15) is 0 Å². The van der Waals surface area contributed by atoms with E-state index in [9.17, 15) is 4.79 Å². The number of rotatable bonds is 6. The first-order valence-corrected chi connectivity index (χ1v) is 10.6.